The smallest absolute Gasteiger partial charge is 0.165 e. The van der Waals surface area contributed by atoms with Crippen molar-refractivity contribution in [1.82, 2.24) is 0 Å². The number of methoxy groups -OCH3 is 1. The van der Waals surface area contributed by atoms with Gasteiger partial charge in [-0.3, -0.25) is 0 Å². The lowest BCUT2D eigenvalue weighted by Crippen LogP contribution is -2.26. The van der Waals surface area contributed by atoms with Crippen LogP contribution in [0.4, 0.5) is 0 Å². The summed E-state index contributed by atoms with van der Waals surface area (Å²) in [5.74, 6) is 1.52. The van der Waals surface area contributed by atoms with E-state index in [0.29, 0.717) is 0 Å². The van der Waals surface area contributed by atoms with Crippen LogP contribution in [0.1, 0.15) is 31.2 Å². The van der Waals surface area contributed by atoms with Gasteiger partial charge in [-0.2, -0.15) is 0 Å². The molecule has 0 saturated carbocycles. The molecule has 0 aliphatic carbocycles. The van der Waals surface area contributed by atoms with Crippen molar-refractivity contribution in [2.24, 2.45) is 0 Å². The first kappa shape index (κ1) is 14.2. The molecule has 106 valence electrons. The fourth-order valence-electron chi connectivity index (χ4n) is 2.27. The number of aliphatic hydroxyl groups is 1. The Balaban J connectivity index is 2.24. The molecule has 1 fully saturated rings. The number of hydrogen-bond acceptors (Lipinski definition) is 4. The summed E-state index contributed by atoms with van der Waals surface area (Å²) in [6, 6.07) is 5.80. The average molecular weight is 266 g/mol. The average Bonchev–Trinajstić information content (AvgIpc) is 2.47. The first-order chi connectivity index (χ1) is 9.26. The second-order valence-corrected chi connectivity index (χ2v) is 4.89. The number of para-hydroxylation sites is 1. The Bertz CT molecular complexity index is 399. The maximum absolute atomic E-state index is 9.37. The van der Waals surface area contributed by atoms with Gasteiger partial charge in [0.25, 0.3) is 0 Å². The van der Waals surface area contributed by atoms with Crippen molar-refractivity contribution in [3.63, 3.8) is 0 Å². The first-order valence-corrected chi connectivity index (χ1v) is 6.78. The molecule has 1 atom stereocenters. The van der Waals surface area contributed by atoms with E-state index in [1.807, 2.05) is 25.1 Å². The second kappa shape index (κ2) is 6.78. The van der Waals surface area contributed by atoms with E-state index in [1.54, 1.807) is 7.11 Å². The van der Waals surface area contributed by atoms with Gasteiger partial charge in [0.2, 0.25) is 0 Å². The first-order valence-electron chi connectivity index (χ1n) is 6.78. The standard InChI is InChI=1S/C15H22O4/c1-11(10-16)13-4-3-5-14(17-2)15(13)19-12-6-8-18-9-7-12/h3-5,11-12,16H,6-10H2,1-2H3. The molecule has 0 aromatic heterocycles. The summed E-state index contributed by atoms with van der Waals surface area (Å²) < 4.78 is 16.8. The maximum Gasteiger partial charge on any atom is 0.165 e. The summed E-state index contributed by atoms with van der Waals surface area (Å²) in [6.07, 6.45) is 1.95. The highest BCUT2D eigenvalue weighted by Crippen LogP contribution is 2.37. The Morgan fingerprint density at radius 2 is 2.11 bits per heavy atom. The van der Waals surface area contributed by atoms with E-state index in [4.69, 9.17) is 14.2 Å². The van der Waals surface area contributed by atoms with Gasteiger partial charge >= 0.3 is 0 Å². The van der Waals surface area contributed by atoms with Crippen LogP contribution >= 0.6 is 0 Å². The van der Waals surface area contributed by atoms with Gasteiger partial charge in [-0.25, -0.2) is 0 Å². The van der Waals surface area contributed by atoms with E-state index >= 15 is 0 Å². The Morgan fingerprint density at radius 3 is 2.74 bits per heavy atom. The van der Waals surface area contributed by atoms with Crippen LogP contribution in [-0.4, -0.2) is 38.1 Å². The van der Waals surface area contributed by atoms with Gasteiger partial charge in [0, 0.05) is 30.9 Å². The molecule has 0 bridgehead atoms. The molecule has 1 aromatic carbocycles. The van der Waals surface area contributed by atoms with Crippen LogP contribution in [0.15, 0.2) is 18.2 Å². The molecule has 1 aliphatic rings. The normalized spacial score (nSPS) is 18.1. The number of hydrogen-bond donors (Lipinski definition) is 1. The van der Waals surface area contributed by atoms with Gasteiger partial charge in [0.15, 0.2) is 11.5 Å². The zero-order valence-electron chi connectivity index (χ0n) is 11.6. The van der Waals surface area contributed by atoms with Gasteiger partial charge in [0.1, 0.15) is 6.10 Å². The third kappa shape index (κ3) is 3.39. The molecular weight excluding hydrogens is 244 g/mol. The minimum Gasteiger partial charge on any atom is -0.493 e. The molecular formula is C15H22O4. The van der Waals surface area contributed by atoms with Gasteiger partial charge in [-0.05, 0) is 6.07 Å². The molecule has 2 rings (SSSR count). The molecule has 0 radical (unpaired) electrons. The van der Waals surface area contributed by atoms with Crippen molar-refractivity contribution in [2.45, 2.75) is 31.8 Å². The lowest BCUT2D eigenvalue weighted by atomic mass is 10.00. The maximum atomic E-state index is 9.37. The highest BCUT2D eigenvalue weighted by atomic mass is 16.5. The summed E-state index contributed by atoms with van der Waals surface area (Å²) in [7, 11) is 1.64. The predicted molar refractivity (Wildman–Crippen MR) is 73.0 cm³/mol. The predicted octanol–water partition coefficient (Wildman–Crippen LogP) is 2.35. The fraction of sp³-hybridized carbons (Fsp3) is 0.600. The van der Waals surface area contributed by atoms with E-state index in [9.17, 15) is 5.11 Å². The summed E-state index contributed by atoms with van der Waals surface area (Å²) in [6.45, 7) is 3.55. The van der Waals surface area contributed by atoms with Crippen molar-refractivity contribution in [2.75, 3.05) is 26.9 Å². The van der Waals surface area contributed by atoms with Crippen LogP contribution in [0.5, 0.6) is 11.5 Å². The largest absolute Gasteiger partial charge is 0.493 e. The Labute approximate surface area is 114 Å². The molecule has 1 saturated heterocycles. The number of rotatable bonds is 5. The second-order valence-electron chi connectivity index (χ2n) is 4.89. The van der Waals surface area contributed by atoms with Crippen molar-refractivity contribution < 1.29 is 19.3 Å². The Kier molecular flexibility index (Phi) is 5.05. The lowest BCUT2D eigenvalue weighted by molar-refractivity contribution is 0.0239. The number of aliphatic hydroxyl groups excluding tert-OH is 1. The van der Waals surface area contributed by atoms with E-state index in [1.165, 1.54) is 0 Å². The third-order valence-electron chi connectivity index (χ3n) is 3.49. The van der Waals surface area contributed by atoms with Crippen molar-refractivity contribution >= 4 is 0 Å². The highest BCUT2D eigenvalue weighted by molar-refractivity contribution is 5.48. The molecule has 19 heavy (non-hydrogen) atoms. The molecule has 0 amide bonds. The quantitative estimate of drug-likeness (QED) is 0.888. The van der Waals surface area contributed by atoms with Gasteiger partial charge in [-0.1, -0.05) is 19.1 Å². The molecule has 1 N–H and O–H groups in total. The van der Waals surface area contributed by atoms with Crippen molar-refractivity contribution in [3.05, 3.63) is 23.8 Å². The highest BCUT2D eigenvalue weighted by Gasteiger charge is 2.21. The molecule has 4 heteroatoms. The summed E-state index contributed by atoms with van der Waals surface area (Å²) in [5, 5.41) is 9.37. The Morgan fingerprint density at radius 1 is 1.37 bits per heavy atom. The number of ether oxygens (including phenoxy) is 3. The summed E-state index contributed by atoms with van der Waals surface area (Å²) in [5.41, 5.74) is 0.994. The molecule has 4 nitrogen and oxygen atoms in total. The monoisotopic (exact) mass is 266 g/mol. The van der Waals surface area contributed by atoms with Crippen molar-refractivity contribution in [3.8, 4) is 11.5 Å². The summed E-state index contributed by atoms with van der Waals surface area (Å²) in [4.78, 5) is 0. The molecule has 1 aromatic rings. The van der Waals surface area contributed by atoms with E-state index in [2.05, 4.69) is 0 Å². The fourth-order valence-corrected chi connectivity index (χ4v) is 2.27. The third-order valence-corrected chi connectivity index (χ3v) is 3.49. The van der Waals surface area contributed by atoms with Gasteiger partial charge < -0.3 is 19.3 Å². The van der Waals surface area contributed by atoms with E-state index < -0.39 is 0 Å². The zero-order valence-corrected chi connectivity index (χ0v) is 11.6. The lowest BCUT2D eigenvalue weighted by Gasteiger charge is -2.26. The Hall–Kier alpha value is -1.26. The van der Waals surface area contributed by atoms with Crippen LogP contribution in [0.2, 0.25) is 0 Å². The molecule has 0 spiro atoms. The minimum absolute atomic E-state index is 0.0324. The van der Waals surface area contributed by atoms with Crippen LogP contribution in [0, 0.1) is 0 Å². The topological polar surface area (TPSA) is 47.9 Å². The van der Waals surface area contributed by atoms with Gasteiger partial charge in [0.05, 0.1) is 20.3 Å². The van der Waals surface area contributed by atoms with Crippen LogP contribution < -0.4 is 9.47 Å². The summed E-state index contributed by atoms with van der Waals surface area (Å²) >= 11 is 0. The van der Waals surface area contributed by atoms with E-state index in [0.717, 1.165) is 43.1 Å². The van der Waals surface area contributed by atoms with Crippen LogP contribution in [0.25, 0.3) is 0 Å². The molecule has 1 aliphatic heterocycles. The van der Waals surface area contributed by atoms with Gasteiger partial charge in [-0.15, -0.1) is 0 Å². The minimum atomic E-state index is 0.0324. The van der Waals surface area contributed by atoms with Crippen molar-refractivity contribution in [1.29, 1.82) is 0 Å². The number of benzene rings is 1. The SMILES string of the molecule is COc1cccc(C(C)CO)c1OC1CCOCC1. The van der Waals surface area contributed by atoms with E-state index in [-0.39, 0.29) is 18.6 Å². The molecule has 1 heterocycles. The molecule has 1 unspecified atom stereocenters. The van der Waals surface area contributed by atoms with Crippen LogP contribution in [-0.2, 0) is 4.74 Å². The zero-order chi connectivity index (χ0) is 13.7. The van der Waals surface area contributed by atoms with Crippen LogP contribution in [0.3, 0.4) is 0 Å².